The van der Waals surface area contributed by atoms with Crippen molar-refractivity contribution in [2.45, 2.75) is 115 Å². The van der Waals surface area contributed by atoms with Gasteiger partial charge in [0, 0.05) is 57.8 Å². The molecule has 1 saturated heterocycles. The minimum Gasteiger partial charge on any atom is -0.379 e. The topological polar surface area (TPSA) is 271 Å². The zero-order valence-corrected chi connectivity index (χ0v) is 39.7. The summed E-state index contributed by atoms with van der Waals surface area (Å²) in [5.74, 6) is -0.809. The molecule has 1 aliphatic rings. The number of nitrogens with zero attached hydrogens (tertiary/aromatic N) is 2. The molecule has 1 fully saturated rings. The van der Waals surface area contributed by atoms with Gasteiger partial charge in [-0.25, -0.2) is 0 Å². The standard InChI is InChI=1S/C43H76N8O10S2/c1-5-31(2)42-36(54)14-13-32(10-6-7-18-46-39(57)16-22-61-24-23-60-21-9-12-34(53)29-62-4)37(55)26-49-35(17-25-63-30-41(59)47-20-15-40(58)50-42)38(56)27-51(3)33(28-52)11-8-19-48-43(44)45/h28,31-33,35,42,49H,5-27,29-30H2,1-4H3,(H,46,57)(H,47,59)(H,50,58)(H4,44,45,48)/t31-,32+,33-,35-,42-/m0/s1. The number of nitrogens with two attached hydrogens (primary N) is 2. The van der Waals surface area contributed by atoms with Gasteiger partial charge >= 0.3 is 0 Å². The van der Waals surface area contributed by atoms with Crippen LogP contribution in [0.2, 0.25) is 0 Å². The average molecular weight is 929 g/mol. The number of carbonyl (C=O) groups is 8. The number of ketones is 4. The van der Waals surface area contributed by atoms with Gasteiger partial charge in [0.15, 0.2) is 17.5 Å². The molecular weight excluding hydrogens is 853 g/mol. The van der Waals surface area contributed by atoms with E-state index in [1.165, 1.54) is 23.5 Å². The largest absolute Gasteiger partial charge is 0.379 e. The van der Waals surface area contributed by atoms with E-state index in [0.29, 0.717) is 102 Å². The lowest BCUT2D eigenvalue weighted by atomic mass is 9.87. The van der Waals surface area contributed by atoms with Crippen LogP contribution in [0.15, 0.2) is 4.99 Å². The first-order chi connectivity index (χ1) is 30.2. The lowest BCUT2D eigenvalue weighted by Gasteiger charge is -2.26. The SMILES string of the molecule is CC[C@H](C)[C@@H]1NC(=O)CCNC(=O)CSCC[C@@H](C(=O)CN(C)[C@H](C=O)CCCN=C(N)N)NCC(=O)[C@H](CCCCNC(=O)CCOCCOCCCC(=O)CSC)CCC1=O. The summed E-state index contributed by atoms with van der Waals surface area (Å²) in [6, 6.07) is -2.05. The number of thioether (sulfide) groups is 2. The highest BCUT2D eigenvalue weighted by molar-refractivity contribution is 8.00. The van der Waals surface area contributed by atoms with E-state index in [-0.39, 0.29) is 110 Å². The first kappa shape index (κ1) is 57.6. The van der Waals surface area contributed by atoms with E-state index in [2.05, 4.69) is 26.3 Å². The van der Waals surface area contributed by atoms with Gasteiger partial charge in [-0.2, -0.15) is 23.5 Å². The minimum atomic E-state index is -0.750. The van der Waals surface area contributed by atoms with E-state index in [0.717, 1.165) is 6.29 Å². The Hall–Kier alpha value is -3.43. The maximum Gasteiger partial charge on any atom is 0.230 e. The van der Waals surface area contributed by atoms with Gasteiger partial charge in [-0.15, -0.1) is 0 Å². The van der Waals surface area contributed by atoms with Crippen LogP contribution in [0.25, 0.3) is 0 Å². The molecule has 0 radical (unpaired) electrons. The van der Waals surface area contributed by atoms with Crippen molar-refractivity contribution in [3.8, 4) is 0 Å². The van der Waals surface area contributed by atoms with Crippen molar-refractivity contribution in [1.82, 2.24) is 26.2 Å². The smallest absolute Gasteiger partial charge is 0.230 e. The molecule has 0 aromatic heterocycles. The molecule has 0 unspecified atom stereocenters. The monoisotopic (exact) mass is 929 g/mol. The number of amides is 3. The number of aliphatic imine (C=N–C) groups is 1. The number of ether oxygens (including phenoxy) is 2. The quantitative estimate of drug-likeness (QED) is 0.0279. The second kappa shape index (κ2) is 35.9. The van der Waals surface area contributed by atoms with E-state index in [9.17, 15) is 38.4 Å². The number of likely N-dealkylation sites (N-methyl/N-ethyl adjacent to an activating group) is 1. The number of nitrogens with one attached hydrogen (secondary N) is 4. The second-order valence-electron chi connectivity index (χ2n) is 15.9. The van der Waals surface area contributed by atoms with E-state index >= 15 is 0 Å². The fraction of sp³-hybridized carbons (Fsp3) is 0.791. The summed E-state index contributed by atoms with van der Waals surface area (Å²) in [5.41, 5.74) is 10.8. The Morgan fingerprint density at radius 2 is 1.73 bits per heavy atom. The van der Waals surface area contributed by atoms with E-state index in [4.69, 9.17) is 20.9 Å². The Bertz CT molecular complexity index is 1440. The Kier molecular flexibility index (Phi) is 32.8. The van der Waals surface area contributed by atoms with Crippen LogP contribution < -0.4 is 32.7 Å². The van der Waals surface area contributed by atoms with Gasteiger partial charge in [-0.05, 0) is 69.9 Å². The van der Waals surface area contributed by atoms with Gasteiger partial charge < -0.3 is 47.0 Å². The van der Waals surface area contributed by atoms with Crippen molar-refractivity contribution < 1.29 is 47.8 Å². The van der Waals surface area contributed by atoms with Crippen LogP contribution in [0.4, 0.5) is 0 Å². The molecule has 360 valence electrons. The van der Waals surface area contributed by atoms with Crippen molar-refractivity contribution in [1.29, 1.82) is 0 Å². The minimum absolute atomic E-state index is 0.00396. The zero-order chi connectivity index (χ0) is 46.8. The Morgan fingerprint density at radius 3 is 2.43 bits per heavy atom. The molecule has 0 saturated carbocycles. The third-order valence-electron chi connectivity index (χ3n) is 10.7. The summed E-state index contributed by atoms with van der Waals surface area (Å²) < 4.78 is 11.0. The normalized spacial score (nSPS) is 19.7. The van der Waals surface area contributed by atoms with Crippen LogP contribution in [-0.2, 0) is 47.8 Å². The highest BCUT2D eigenvalue weighted by atomic mass is 32.2. The second-order valence-corrected chi connectivity index (χ2v) is 17.9. The predicted molar refractivity (Wildman–Crippen MR) is 249 cm³/mol. The van der Waals surface area contributed by atoms with Gasteiger partial charge in [0.25, 0.3) is 0 Å². The number of aldehydes is 1. The van der Waals surface area contributed by atoms with Crippen molar-refractivity contribution in [3.63, 3.8) is 0 Å². The molecule has 0 spiro atoms. The molecule has 1 rings (SSSR count). The maximum absolute atomic E-state index is 13.9. The molecule has 3 amide bonds. The Morgan fingerprint density at radius 1 is 0.984 bits per heavy atom. The number of rotatable bonds is 28. The summed E-state index contributed by atoms with van der Waals surface area (Å²) in [4.78, 5) is 108. The molecule has 20 heteroatoms. The van der Waals surface area contributed by atoms with Crippen LogP contribution in [0.5, 0.6) is 0 Å². The molecular formula is C43H76N8O10S2. The highest BCUT2D eigenvalue weighted by Crippen LogP contribution is 2.20. The van der Waals surface area contributed by atoms with Gasteiger partial charge in [-0.3, -0.25) is 43.5 Å². The van der Waals surface area contributed by atoms with E-state index in [1.54, 1.807) is 11.9 Å². The molecule has 0 aliphatic carbocycles. The van der Waals surface area contributed by atoms with Crippen molar-refractivity contribution in [2.75, 3.05) is 89.7 Å². The van der Waals surface area contributed by atoms with Crippen LogP contribution >= 0.6 is 23.5 Å². The van der Waals surface area contributed by atoms with Crippen molar-refractivity contribution in [2.24, 2.45) is 28.3 Å². The molecule has 18 nitrogen and oxygen atoms in total. The predicted octanol–water partition coefficient (Wildman–Crippen LogP) is 1.20. The number of carbonyl (C=O) groups excluding carboxylic acids is 8. The first-order valence-electron chi connectivity index (χ1n) is 22.3. The molecule has 8 N–H and O–H groups in total. The zero-order valence-electron chi connectivity index (χ0n) is 38.1. The number of guanidine groups is 1. The number of hydrogen-bond acceptors (Lipinski definition) is 15. The van der Waals surface area contributed by atoms with Gasteiger partial charge in [0.2, 0.25) is 17.7 Å². The summed E-state index contributed by atoms with van der Waals surface area (Å²) in [6.45, 7) is 5.91. The third-order valence-corrected chi connectivity index (χ3v) is 12.3. The molecule has 5 atom stereocenters. The Balaban J connectivity index is 2.93. The lowest BCUT2D eigenvalue weighted by molar-refractivity contribution is -0.130. The molecule has 0 aromatic carbocycles. The number of Topliss-reactive ketones (excluding diaryl/α,β-unsaturated/α-hetero) is 4. The number of hydrogen-bond donors (Lipinski definition) is 6. The van der Waals surface area contributed by atoms with Crippen LogP contribution in [0, 0.1) is 11.8 Å². The fourth-order valence-corrected chi connectivity index (χ4v) is 8.04. The summed E-state index contributed by atoms with van der Waals surface area (Å²) in [7, 11) is 1.68. The maximum atomic E-state index is 13.9. The van der Waals surface area contributed by atoms with Gasteiger partial charge in [-0.1, -0.05) is 26.7 Å². The number of unbranched alkanes of at least 4 members (excludes halogenated alkanes) is 1. The first-order valence-corrected chi connectivity index (χ1v) is 24.9. The van der Waals surface area contributed by atoms with Crippen molar-refractivity contribution >= 4 is 76.6 Å². The van der Waals surface area contributed by atoms with E-state index < -0.39 is 24.0 Å². The molecule has 0 bridgehead atoms. The molecule has 63 heavy (non-hydrogen) atoms. The van der Waals surface area contributed by atoms with Crippen molar-refractivity contribution in [3.05, 3.63) is 0 Å². The summed E-state index contributed by atoms with van der Waals surface area (Å²) >= 11 is 2.83. The highest BCUT2D eigenvalue weighted by Gasteiger charge is 2.29. The van der Waals surface area contributed by atoms with Crippen LogP contribution in [0.3, 0.4) is 0 Å². The average Bonchev–Trinajstić information content (AvgIpc) is 3.24. The third kappa shape index (κ3) is 28.2. The van der Waals surface area contributed by atoms with Gasteiger partial charge in [0.1, 0.15) is 17.9 Å². The summed E-state index contributed by atoms with van der Waals surface area (Å²) in [6.07, 6.45) is 7.90. The molecule has 0 aromatic rings. The van der Waals surface area contributed by atoms with Crippen LogP contribution in [-0.4, -0.2) is 166 Å². The lowest BCUT2D eigenvalue weighted by Crippen LogP contribution is -2.47. The fourth-order valence-electron chi connectivity index (χ4n) is 6.73. The van der Waals surface area contributed by atoms with Gasteiger partial charge in [0.05, 0.1) is 62.5 Å². The van der Waals surface area contributed by atoms with Crippen LogP contribution in [0.1, 0.15) is 97.3 Å². The Labute approximate surface area is 382 Å². The molecule has 1 aliphatic heterocycles. The van der Waals surface area contributed by atoms with E-state index in [1.807, 2.05) is 20.1 Å². The molecule has 1 heterocycles. The summed E-state index contributed by atoms with van der Waals surface area (Å²) in [5, 5.41) is 11.6.